The van der Waals surface area contributed by atoms with E-state index in [9.17, 15) is 5.11 Å². The van der Waals surface area contributed by atoms with Crippen LogP contribution in [0.4, 0.5) is 0 Å². The molecule has 0 amide bonds. The molecule has 4 nitrogen and oxygen atoms in total. The Labute approximate surface area is 90.3 Å². The quantitative estimate of drug-likeness (QED) is 0.813. The van der Waals surface area contributed by atoms with Gasteiger partial charge in [-0.05, 0) is 25.2 Å². The molecule has 1 atom stereocenters. The Morgan fingerprint density at radius 2 is 2.27 bits per heavy atom. The highest BCUT2D eigenvalue weighted by atomic mass is 16.3. The molecule has 4 heteroatoms. The number of rotatable bonds is 4. The van der Waals surface area contributed by atoms with E-state index >= 15 is 0 Å². The summed E-state index contributed by atoms with van der Waals surface area (Å²) in [6.45, 7) is 0. The Bertz CT molecular complexity index is 305. The second-order valence-corrected chi connectivity index (χ2v) is 4.45. The summed E-state index contributed by atoms with van der Waals surface area (Å²) in [6.07, 6.45) is 8.02. The van der Waals surface area contributed by atoms with Gasteiger partial charge in [-0.3, -0.25) is 4.68 Å². The normalized spacial score (nSPS) is 19.6. The summed E-state index contributed by atoms with van der Waals surface area (Å²) in [4.78, 5) is 4.16. The molecule has 0 spiro atoms. The van der Waals surface area contributed by atoms with Gasteiger partial charge in [-0.25, -0.2) is 4.98 Å². The minimum atomic E-state index is -0.149. The van der Waals surface area contributed by atoms with Crippen LogP contribution in [0.15, 0.2) is 6.33 Å². The number of nitrogens with zero attached hydrogens (tertiary/aromatic N) is 3. The van der Waals surface area contributed by atoms with E-state index in [1.165, 1.54) is 25.7 Å². The van der Waals surface area contributed by atoms with Crippen LogP contribution in [-0.4, -0.2) is 26.0 Å². The highest BCUT2D eigenvalue weighted by Gasteiger charge is 2.23. The molecule has 2 rings (SSSR count). The smallest absolute Gasteiger partial charge is 0.138 e. The first kappa shape index (κ1) is 10.6. The van der Waals surface area contributed by atoms with E-state index < -0.39 is 0 Å². The zero-order valence-electron chi connectivity index (χ0n) is 9.26. The Morgan fingerprint density at radius 3 is 2.87 bits per heavy atom. The summed E-state index contributed by atoms with van der Waals surface area (Å²) < 4.78 is 1.78. The van der Waals surface area contributed by atoms with Crippen molar-refractivity contribution >= 4 is 0 Å². The summed E-state index contributed by atoms with van der Waals surface area (Å²) in [5.41, 5.74) is 0. The van der Waals surface area contributed by atoms with E-state index in [1.807, 2.05) is 7.05 Å². The van der Waals surface area contributed by atoms with Crippen LogP contribution in [0.25, 0.3) is 0 Å². The topological polar surface area (TPSA) is 50.9 Å². The van der Waals surface area contributed by atoms with Crippen LogP contribution in [0, 0.1) is 5.92 Å². The Morgan fingerprint density at radius 1 is 1.53 bits per heavy atom. The molecule has 0 saturated heterocycles. The average molecular weight is 209 g/mol. The molecule has 15 heavy (non-hydrogen) atoms. The molecule has 0 radical (unpaired) electrons. The zero-order valence-corrected chi connectivity index (χ0v) is 9.26. The lowest BCUT2D eigenvalue weighted by Gasteiger charge is -2.16. The third-order valence-electron chi connectivity index (χ3n) is 3.41. The van der Waals surface area contributed by atoms with Crippen molar-refractivity contribution < 1.29 is 5.11 Å². The van der Waals surface area contributed by atoms with Crippen LogP contribution in [0.3, 0.4) is 0 Å². The van der Waals surface area contributed by atoms with E-state index in [4.69, 9.17) is 0 Å². The summed E-state index contributed by atoms with van der Waals surface area (Å²) >= 11 is 0. The molecule has 1 N–H and O–H groups in total. The van der Waals surface area contributed by atoms with Gasteiger partial charge in [0.25, 0.3) is 0 Å². The monoisotopic (exact) mass is 209 g/mol. The first-order chi connectivity index (χ1) is 7.27. The van der Waals surface area contributed by atoms with Gasteiger partial charge in [0.05, 0.1) is 6.10 Å². The third kappa shape index (κ3) is 2.56. The van der Waals surface area contributed by atoms with Gasteiger partial charge in [-0.1, -0.05) is 12.8 Å². The Kier molecular flexibility index (Phi) is 3.36. The number of hydrogen-bond donors (Lipinski definition) is 1. The third-order valence-corrected chi connectivity index (χ3v) is 3.41. The van der Waals surface area contributed by atoms with Crippen LogP contribution in [-0.2, 0) is 13.5 Å². The number of aromatic nitrogens is 3. The predicted octanol–water partition coefficient (Wildman–Crippen LogP) is 1.30. The van der Waals surface area contributed by atoms with E-state index in [0.29, 0.717) is 5.92 Å². The second kappa shape index (κ2) is 4.75. The highest BCUT2D eigenvalue weighted by molar-refractivity contribution is 4.86. The van der Waals surface area contributed by atoms with Crippen molar-refractivity contribution in [3.05, 3.63) is 12.2 Å². The van der Waals surface area contributed by atoms with Crippen LogP contribution >= 0.6 is 0 Å². The minimum absolute atomic E-state index is 0.149. The zero-order chi connectivity index (χ0) is 10.7. The van der Waals surface area contributed by atoms with E-state index in [1.54, 1.807) is 11.0 Å². The molecule has 1 aliphatic carbocycles. The van der Waals surface area contributed by atoms with Crippen molar-refractivity contribution in [3.63, 3.8) is 0 Å². The Hall–Kier alpha value is -0.900. The van der Waals surface area contributed by atoms with Gasteiger partial charge in [-0.15, -0.1) is 0 Å². The summed E-state index contributed by atoms with van der Waals surface area (Å²) in [5, 5.41) is 14.0. The molecule has 1 aromatic heterocycles. The van der Waals surface area contributed by atoms with Gasteiger partial charge in [0.15, 0.2) is 0 Å². The molecular weight excluding hydrogens is 190 g/mol. The molecule has 1 unspecified atom stereocenters. The molecule has 0 aromatic carbocycles. The fraction of sp³-hybridized carbons (Fsp3) is 0.818. The minimum Gasteiger partial charge on any atom is -0.393 e. The molecule has 1 fully saturated rings. The lowest BCUT2D eigenvalue weighted by Crippen LogP contribution is -2.19. The number of aliphatic hydroxyl groups is 1. The van der Waals surface area contributed by atoms with Crippen molar-refractivity contribution in [1.29, 1.82) is 0 Å². The fourth-order valence-corrected chi connectivity index (χ4v) is 2.40. The molecule has 0 aliphatic heterocycles. The van der Waals surface area contributed by atoms with Crippen LogP contribution in [0.2, 0.25) is 0 Å². The molecule has 1 aliphatic rings. The van der Waals surface area contributed by atoms with Crippen LogP contribution in [0.1, 0.15) is 37.9 Å². The lowest BCUT2D eigenvalue weighted by atomic mass is 9.97. The van der Waals surface area contributed by atoms with Crippen molar-refractivity contribution in [1.82, 2.24) is 14.8 Å². The van der Waals surface area contributed by atoms with Crippen molar-refractivity contribution in [2.24, 2.45) is 13.0 Å². The van der Waals surface area contributed by atoms with Gasteiger partial charge >= 0.3 is 0 Å². The second-order valence-electron chi connectivity index (χ2n) is 4.45. The summed E-state index contributed by atoms with van der Waals surface area (Å²) in [6, 6.07) is 0. The number of hydrogen-bond acceptors (Lipinski definition) is 3. The van der Waals surface area contributed by atoms with Crippen molar-refractivity contribution in [2.75, 3.05) is 0 Å². The first-order valence-electron chi connectivity index (χ1n) is 5.78. The highest BCUT2D eigenvalue weighted by Crippen LogP contribution is 2.29. The maximum absolute atomic E-state index is 9.98. The molecule has 1 heterocycles. The van der Waals surface area contributed by atoms with Crippen LogP contribution < -0.4 is 0 Å². The van der Waals surface area contributed by atoms with E-state index in [0.717, 1.165) is 18.7 Å². The van der Waals surface area contributed by atoms with Gasteiger partial charge in [0.2, 0.25) is 0 Å². The van der Waals surface area contributed by atoms with Crippen molar-refractivity contribution in [2.45, 2.75) is 44.6 Å². The largest absolute Gasteiger partial charge is 0.393 e. The predicted molar refractivity (Wildman–Crippen MR) is 57.3 cm³/mol. The molecule has 1 aromatic rings. The number of aliphatic hydroxyl groups excluding tert-OH is 1. The van der Waals surface area contributed by atoms with Gasteiger partial charge in [0, 0.05) is 13.5 Å². The molecular formula is C11H19N3O. The Balaban J connectivity index is 1.80. The maximum Gasteiger partial charge on any atom is 0.138 e. The lowest BCUT2D eigenvalue weighted by molar-refractivity contribution is 0.101. The van der Waals surface area contributed by atoms with Gasteiger partial charge < -0.3 is 5.11 Å². The van der Waals surface area contributed by atoms with Gasteiger partial charge in [-0.2, -0.15) is 5.10 Å². The molecule has 84 valence electrons. The number of aryl methyl sites for hydroxylation is 2. The first-order valence-corrected chi connectivity index (χ1v) is 5.78. The maximum atomic E-state index is 9.98. The van der Waals surface area contributed by atoms with Crippen LogP contribution in [0.5, 0.6) is 0 Å². The van der Waals surface area contributed by atoms with E-state index in [2.05, 4.69) is 10.1 Å². The average Bonchev–Trinajstić information content (AvgIpc) is 2.85. The fourth-order valence-electron chi connectivity index (χ4n) is 2.40. The standard InChI is InChI=1S/C11H19N3O/c1-14-11(12-8-13-14)7-6-10(15)9-4-2-3-5-9/h8-10,15H,2-7H2,1H3. The summed E-state index contributed by atoms with van der Waals surface area (Å²) in [5.74, 6) is 1.49. The molecule has 0 bridgehead atoms. The van der Waals surface area contributed by atoms with Gasteiger partial charge in [0.1, 0.15) is 12.2 Å². The summed E-state index contributed by atoms with van der Waals surface area (Å²) in [7, 11) is 1.89. The SMILES string of the molecule is Cn1ncnc1CCC(O)C1CCCC1. The van der Waals surface area contributed by atoms with Crippen molar-refractivity contribution in [3.8, 4) is 0 Å². The molecule has 1 saturated carbocycles. The van der Waals surface area contributed by atoms with E-state index in [-0.39, 0.29) is 6.10 Å².